The van der Waals surface area contributed by atoms with Gasteiger partial charge in [0.1, 0.15) is 12.7 Å². The highest BCUT2D eigenvalue weighted by atomic mass is 16.5. The predicted octanol–water partition coefficient (Wildman–Crippen LogP) is 5.15. The summed E-state index contributed by atoms with van der Waals surface area (Å²) in [5.74, 6) is 6.11. The van der Waals surface area contributed by atoms with Crippen molar-refractivity contribution in [2.45, 2.75) is 19.3 Å². The van der Waals surface area contributed by atoms with Crippen LogP contribution in [-0.4, -0.2) is 19.2 Å². The standard InChI is InChI=1S/C27H22N2O2/c1-19-9-8-10-20(17-28)21(19)11-6-7-16-29-27(30)31-18-26-24-14-4-2-12-22(24)23-13-3-5-15-25(23)26/h2-5,8-10,12-15,26H,7,16,18H2,1H3,(H,29,30). The Morgan fingerprint density at radius 2 is 1.68 bits per heavy atom. The zero-order valence-corrected chi connectivity index (χ0v) is 17.3. The minimum atomic E-state index is -0.447. The van der Waals surface area contributed by atoms with Gasteiger partial charge in [0.05, 0.1) is 5.56 Å². The van der Waals surface area contributed by atoms with Gasteiger partial charge < -0.3 is 10.1 Å². The minimum Gasteiger partial charge on any atom is -0.449 e. The number of rotatable bonds is 4. The number of carbonyl (C=O) groups is 1. The van der Waals surface area contributed by atoms with Crippen LogP contribution in [0.5, 0.6) is 0 Å². The second-order valence-electron chi connectivity index (χ2n) is 7.41. The summed E-state index contributed by atoms with van der Waals surface area (Å²) in [6.45, 7) is 2.61. The van der Waals surface area contributed by atoms with Crippen LogP contribution in [0.15, 0.2) is 66.7 Å². The first-order valence-electron chi connectivity index (χ1n) is 10.3. The molecule has 0 atom stereocenters. The summed E-state index contributed by atoms with van der Waals surface area (Å²) in [5.41, 5.74) is 7.06. The second-order valence-corrected chi connectivity index (χ2v) is 7.41. The van der Waals surface area contributed by atoms with Crippen LogP contribution in [0.3, 0.4) is 0 Å². The Kier molecular flexibility index (Phi) is 6.01. The number of nitrogens with one attached hydrogen (secondary N) is 1. The van der Waals surface area contributed by atoms with Crippen LogP contribution < -0.4 is 5.32 Å². The van der Waals surface area contributed by atoms with E-state index in [1.54, 1.807) is 6.07 Å². The molecule has 4 heteroatoms. The van der Waals surface area contributed by atoms with E-state index in [1.165, 1.54) is 22.3 Å². The number of hydrogen-bond acceptors (Lipinski definition) is 3. The van der Waals surface area contributed by atoms with E-state index in [4.69, 9.17) is 4.74 Å². The van der Waals surface area contributed by atoms with Crippen LogP contribution in [0.25, 0.3) is 11.1 Å². The molecule has 0 aromatic heterocycles. The highest BCUT2D eigenvalue weighted by molar-refractivity contribution is 5.79. The molecule has 0 saturated heterocycles. The summed E-state index contributed by atoms with van der Waals surface area (Å²) in [7, 11) is 0. The smallest absolute Gasteiger partial charge is 0.407 e. The Bertz CT molecular complexity index is 1180. The maximum atomic E-state index is 12.2. The molecule has 0 spiro atoms. The monoisotopic (exact) mass is 406 g/mol. The number of aryl methyl sites for hydroxylation is 1. The maximum Gasteiger partial charge on any atom is 0.407 e. The predicted molar refractivity (Wildman–Crippen MR) is 120 cm³/mol. The van der Waals surface area contributed by atoms with Gasteiger partial charge in [-0.2, -0.15) is 5.26 Å². The number of nitriles is 1. The Balaban J connectivity index is 1.31. The van der Waals surface area contributed by atoms with E-state index in [1.807, 2.05) is 43.3 Å². The van der Waals surface area contributed by atoms with Gasteiger partial charge in [-0.3, -0.25) is 0 Å². The zero-order valence-electron chi connectivity index (χ0n) is 17.3. The van der Waals surface area contributed by atoms with Crippen LogP contribution in [0, 0.1) is 30.1 Å². The zero-order chi connectivity index (χ0) is 21.6. The molecule has 0 aliphatic heterocycles. The Morgan fingerprint density at radius 1 is 1.00 bits per heavy atom. The van der Waals surface area contributed by atoms with Crippen molar-refractivity contribution >= 4 is 6.09 Å². The Morgan fingerprint density at radius 3 is 2.35 bits per heavy atom. The molecule has 1 amide bonds. The van der Waals surface area contributed by atoms with Crippen LogP contribution in [-0.2, 0) is 4.74 Å². The van der Waals surface area contributed by atoms with Crippen molar-refractivity contribution in [1.82, 2.24) is 5.32 Å². The van der Waals surface area contributed by atoms with Gasteiger partial charge in [-0.1, -0.05) is 72.5 Å². The van der Waals surface area contributed by atoms with E-state index in [-0.39, 0.29) is 5.92 Å². The van der Waals surface area contributed by atoms with E-state index in [0.717, 1.165) is 11.1 Å². The lowest BCUT2D eigenvalue weighted by atomic mass is 9.98. The second kappa shape index (κ2) is 9.20. The number of alkyl carbamates (subject to hydrolysis) is 1. The molecule has 0 heterocycles. The summed E-state index contributed by atoms with van der Waals surface area (Å²) in [5, 5.41) is 12.0. The fourth-order valence-electron chi connectivity index (χ4n) is 3.95. The lowest BCUT2D eigenvalue weighted by Crippen LogP contribution is -2.26. The van der Waals surface area contributed by atoms with E-state index in [9.17, 15) is 10.1 Å². The molecular weight excluding hydrogens is 384 g/mol. The fraction of sp³-hybridized carbons (Fsp3) is 0.185. The molecule has 0 bridgehead atoms. The van der Waals surface area contributed by atoms with E-state index in [2.05, 4.69) is 47.5 Å². The highest BCUT2D eigenvalue weighted by Gasteiger charge is 2.28. The average molecular weight is 406 g/mol. The number of carbonyl (C=O) groups excluding carboxylic acids is 1. The first-order chi connectivity index (χ1) is 15.2. The summed E-state index contributed by atoms with van der Waals surface area (Å²) in [6.07, 6.45) is 0.0286. The maximum absolute atomic E-state index is 12.2. The Hall–Kier alpha value is -4.02. The summed E-state index contributed by atoms with van der Waals surface area (Å²) >= 11 is 0. The molecular formula is C27H22N2O2. The molecule has 1 aliphatic carbocycles. The van der Waals surface area contributed by atoms with Gasteiger partial charge in [0.15, 0.2) is 0 Å². The lowest BCUT2D eigenvalue weighted by molar-refractivity contribution is 0.143. The quantitative estimate of drug-likeness (QED) is 0.482. The third-order valence-corrected chi connectivity index (χ3v) is 5.47. The fourth-order valence-corrected chi connectivity index (χ4v) is 3.95. The molecule has 0 unspecified atom stereocenters. The van der Waals surface area contributed by atoms with Gasteiger partial charge in [0, 0.05) is 24.4 Å². The largest absolute Gasteiger partial charge is 0.449 e. The normalized spacial score (nSPS) is 11.5. The van der Waals surface area contributed by atoms with E-state index in [0.29, 0.717) is 25.1 Å². The third kappa shape index (κ3) is 4.29. The number of fused-ring (bicyclic) bond motifs is 3. The van der Waals surface area contributed by atoms with Crippen molar-refractivity contribution < 1.29 is 9.53 Å². The van der Waals surface area contributed by atoms with Gasteiger partial charge in [-0.15, -0.1) is 0 Å². The molecule has 0 fully saturated rings. The molecule has 4 nitrogen and oxygen atoms in total. The van der Waals surface area contributed by atoms with Crippen LogP contribution in [0.1, 0.15) is 40.2 Å². The molecule has 3 aromatic rings. The van der Waals surface area contributed by atoms with Crippen molar-refractivity contribution in [3.05, 3.63) is 94.5 Å². The van der Waals surface area contributed by atoms with Gasteiger partial charge in [-0.05, 0) is 40.8 Å². The SMILES string of the molecule is Cc1cccc(C#N)c1C#CCCNC(=O)OCC1c2ccccc2-c2ccccc21. The summed E-state index contributed by atoms with van der Waals surface area (Å²) in [6, 6.07) is 24.2. The van der Waals surface area contributed by atoms with E-state index < -0.39 is 6.09 Å². The third-order valence-electron chi connectivity index (χ3n) is 5.47. The van der Waals surface area contributed by atoms with Crippen molar-refractivity contribution in [2.24, 2.45) is 0 Å². The number of hydrogen-bond donors (Lipinski definition) is 1. The number of nitrogens with zero attached hydrogens (tertiary/aromatic N) is 1. The van der Waals surface area contributed by atoms with E-state index >= 15 is 0 Å². The minimum absolute atomic E-state index is 0.0448. The van der Waals surface area contributed by atoms with Crippen molar-refractivity contribution in [3.63, 3.8) is 0 Å². The Labute approximate surface area is 182 Å². The van der Waals surface area contributed by atoms with Gasteiger partial charge in [0.2, 0.25) is 0 Å². The van der Waals surface area contributed by atoms with Gasteiger partial charge in [-0.25, -0.2) is 4.79 Å². The van der Waals surface area contributed by atoms with Crippen molar-refractivity contribution in [3.8, 4) is 29.0 Å². The average Bonchev–Trinajstić information content (AvgIpc) is 3.12. The molecule has 3 aromatic carbocycles. The molecule has 4 rings (SSSR count). The molecule has 0 radical (unpaired) electrons. The summed E-state index contributed by atoms with van der Waals surface area (Å²) < 4.78 is 5.52. The molecule has 0 saturated carbocycles. The van der Waals surface area contributed by atoms with Crippen molar-refractivity contribution in [2.75, 3.05) is 13.2 Å². The van der Waals surface area contributed by atoms with Crippen LogP contribution in [0.4, 0.5) is 4.79 Å². The lowest BCUT2D eigenvalue weighted by Gasteiger charge is -2.14. The number of amides is 1. The number of ether oxygens (including phenoxy) is 1. The van der Waals surface area contributed by atoms with Crippen LogP contribution in [0.2, 0.25) is 0 Å². The molecule has 1 N–H and O–H groups in total. The molecule has 31 heavy (non-hydrogen) atoms. The molecule has 152 valence electrons. The van der Waals surface area contributed by atoms with Gasteiger partial charge >= 0.3 is 6.09 Å². The van der Waals surface area contributed by atoms with Crippen molar-refractivity contribution in [1.29, 1.82) is 5.26 Å². The topological polar surface area (TPSA) is 62.1 Å². The highest BCUT2D eigenvalue weighted by Crippen LogP contribution is 2.44. The van der Waals surface area contributed by atoms with Crippen LogP contribution >= 0.6 is 0 Å². The number of benzene rings is 3. The first kappa shape index (κ1) is 20.3. The molecule has 1 aliphatic rings. The first-order valence-corrected chi connectivity index (χ1v) is 10.3. The van der Waals surface area contributed by atoms with Gasteiger partial charge in [0.25, 0.3) is 0 Å². The summed E-state index contributed by atoms with van der Waals surface area (Å²) in [4.78, 5) is 12.2.